The Hall–Kier alpha value is 0.130. The maximum Gasteiger partial charge on any atom is 0.0767 e. The second-order valence-electron chi connectivity index (χ2n) is 3.80. The molecule has 0 aliphatic heterocycles. The maximum atomic E-state index is 4.59. The van der Waals surface area contributed by atoms with Gasteiger partial charge in [0.1, 0.15) is 0 Å². The Balaban J connectivity index is 2.88. The Morgan fingerprint density at radius 1 is 1.38 bits per heavy atom. The molecule has 1 aromatic heterocycles. The summed E-state index contributed by atoms with van der Waals surface area (Å²) in [5.74, 6) is 0. The molecule has 0 saturated heterocycles. The minimum atomic E-state index is 0.927. The third-order valence-electron chi connectivity index (χ3n) is 2.58. The lowest BCUT2D eigenvalue weighted by molar-refractivity contribution is 0.335. The summed E-state index contributed by atoms with van der Waals surface area (Å²) in [7, 11) is 2.13. The van der Waals surface area contributed by atoms with Crippen LogP contribution in [0.5, 0.6) is 0 Å². The number of hydrogen-bond acceptors (Lipinski definition) is 2. The molecule has 16 heavy (non-hydrogen) atoms. The van der Waals surface area contributed by atoms with Crippen LogP contribution in [-0.4, -0.2) is 33.6 Å². The maximum absolute atomic E-state index is 4.59. The fraction of sp³-hybridized carbons (Fsp3) is 0.727. The molecule has 0 unspecified atom stereocenters. The highest BCUT2D eigenvalue weighted by atomic mass is 79.9. The van der Waals surface area contributed by atoms with E-state index in [9.17, 15) is 0 Å². The molecule has 1 rings (SSSR count). The minimum Gasteiger partial charge on any atom is -0.300 e. The van der Waals surface area contributed by atoms with Crippen LogP contribution in [0.15, 0.2) is 4.47 Å². The first-order chi connectivity index (χ1) is 7.63. The number of rotatable bonds is 6. The third-order valence-corrected chi connectivity index (χ3v) is 3.85. The first-order valence-electron chi connectivity index (χ1n) is 5.62. The van der Waals surface area contributed by atoms with Crippen LogP contribution in [0.1, 0.15) is 25.2 Å². The Bertz CT molecular complexity index is 336. The molecule has 92 valence electrons. The minimum absolute atomic E-state index is 0.927. The van der Waals surface area contributed by atoms with Gasteiger partial charge < -0.3 is 0 Å². The van der Waals surface area contributed by atoms with Gasteiger partial charge in [-0.05, 0) is 36.3 Å². The van der Waals surface area contributed by atoms with Gasteiger partial charge in [0.25, 0.3) is 0 Å². The van der Waals surface area contributed by atoms with Gasteiger partial charge in [-0.25, -0.2) is 0 Å². The predicted octanol–water partition coefficient (Wildman–Crippen LogP) is 3.05. The molecule has 5 heteroatoms. The van der Waals surface area contributed by atoms with E-state index in [-0.39, 0.29) is 0 Å². The van der Waals surface area contributed by atoms with Crippen LogP contribution in [0.3, 0.4) is 0 Å². The van der Waals surface area contributed by atoms with Gasteiger partial charge in [0, 0.05) is 25.0 Å². The average molecular weight is 353 g/mol. The molecule has 0 amide bonds. The van der Waals surface area contributed by atoms with Crippen molar-refractivity contribution in [3.63, 3.8) is 0 Å². The second-order valence-corrected chi connectivity index (χ2v) is 5.39. The molecule has 0 N–H and O–H groups in total. The van der Waals surface area contributed by atoms with Crippen molar-refractivity contribution >= 4 is 31.9 Å². The largest absolute Gasteiger partial charge is 0.300 e. The van der Waals surface area contributed by atoms with E-state index in [1.54, 1.807) is 0 Å². The monoisotopic (exact) mass is 351 g/mol. The lowest BCUT2D eigenvalue weighted by Crippen LogP contribution is -2.22. The summed E-state index contributed by atoms with van der Waals surface area (Å²) < 4.78 is 3.27. The Labute approximate surface area is 114 Å². The van der Waals surface area contributed by atoms with Crippen molar-refractivity contribution in [1.29, 1.82) is 0 Å². The normalized spacial score (nSPS) is 11.4. The Morgan fingerprint density at radius 3 is 2.56 bits per heavy atom. The van der Waals surface area contributed by atoms with Crippen molar-refractivity contribution in [2.24, 2.45) is 0 Å². The summed E-state index contributed by atoms with van der Waals surface area (Å²) in [6.07, 6.45) is 0.975. The molecular weight excluding hydrogens is 334 g/mol. The quantitative estimate of drug-likeness (QED) is 0.733. The van der Waals surface area contributed by atoms with Crippen molar-refractivity contribution in [3.8, 4) is 0 Å². The molecule has 1 aromatic rings. The molecule has 1 heterocycles. The molecule has 0 fully saturated rings. The van der Waals surface area contributed by atoms with Crippen molar-refractivity contribution in [3.05, 3.63) is 15.9 Å². The van der Waals surface area contributed by atoms with Crippen LogP contribution in [-0.2, 0) is 19.5 Å². The fourth-order valence-corrected chi connectivity index (χ4v) is 2.94. The number of hydrogen-bond donors (Lipinski definition) is 0. The standard InChI is InChI=1S/C11H19Br2N3/c1-4-9-11(13)10(16(5-2)14-9)8-15(3)7-6-12/h4-8H2,1-3H3. The van der Waals surface area contributed by atoms with E-state index in [0.29, 0.717) is 0 Å². The summed E-state index contributed by atoms with van der Waals surface area (Å²) in [4.78, 5) is 2.29. The zero-order valence-electron chi connectivity index (χ0n) is 10.1. The Kier molecular flexibility index (Phi) is 6.00. The number of aromatic nitrogens is 2. The van der Waals surface area contributed by atoms with E-state index in [2.05, 4.69) is 67.4 Å². The number of aryl methyl sites for hydroxylation is 2. The molecular formula is C11H19Br2N3. The van der Waals surface area contributed by atoms with E-state index in [1.165, 1.54) is 10.2 Å². The average Bonchev–Trinajstić information content (AvgIpc) is 2.56. The fourth-order valence-electron chi connectivity index (χ4n) is 1.65. The van der Waals surface area contributed by atoms with Crippen LogP contribution in [0.25, 0.3) is 0 Å². The van der Waals surface area contributed by atoms with Gasteiger partial charge in [0.2, 0.25) is 0 Å². The molecule has 0 bridgehead atoms. The van der Waals surface area contributed by atoms with Gasteiger partial charge in [0.05, 0.1) is 15.9 Å². The van der Waals surface area contributed by atoms with Crippen LogP contribution in [0.2, 0.25) is 0 Å². The first kappa shape index (κ1) is 14.2. The molecule has 0 atom stereocenters. The van der Waals surface area contributed by atoms with E-state index in [1.807, 2.05) is 0 Å². The molecule has 0 aliphatic rings. The number of nitrogens with zero attached hydrogens (tertiary/aromatic N) is 3. The zero-order chi connectivity index (χ0) is 12.1. The van der Waals surface area contributed by atoms with E-state index < -0.39 is 0 Å². The molecule has 0 aliphatic carbocycles. The molecule has 0 spiro atoms. The smallest absolute Gasteiger partial charge is 0.0767 e. The zero-order valence-corrected chi connectivity index (χ0v) is 13.3. The second kappa shape index (κ2) is 6.77. The van der Waals surface area contributed by atoms with Gasteiger partial charge in [-0.15, -0.1) is 0 Å². The molecule has 0 saturated carbocycles. The van der Waals surface area contributed by atoms with Crippen LogP contribution in [0.4, 0.5) is 0 Å². The summed E-state index contributed by atoms with van der Waals surface area (Å²) in [5, 5.41) is 5.59. The lowest BCUT2D eigenvalue weighted by Gasteiger charge is -2.16. The SMILES string of the molecule is CCc1nn(CC)c(CN(C)CCBr)c1Br. The van der Waals surface area contributed by atoms with E-state index in [0.717, 1.165) is 37.1 Å². The predicted molar refractivity (Wildman–Crippen MR) is 75.1 cm³/mol. The highest BCUT2D eigenvalue weighted by Gasteiger charge is 2.14. The Morgan fingerprint density at radius 2 is 2.06 bits per heavy atom. The van der Waals surface area contributed by atoms with Crippen LogP contribution < -0.4 is 0 Å². The van der Waals surface area contributed by atoms with Gasteiger partial charge in [-0.3, -0.25) is 9.58 Å². The van der Waals surface area contributed by atoms with Crippen molar-refractivity contribution in [1.82, 2.24) is 14.7 Å². The lowest BCUT2D eigenvalue weighted by atomic mass is 10.3. The van der Waals surface area contributed by atoms with Gasteiger partial charge in [-0.2, -0.15) is 5.10 Å². The van der Waals surface area contributed by atoms with Gasteiger partial charge in [0.15, 0.2) is 0 Å². The number of halogens is 2. The van der Waals surface area contributed by atoms with E-state index in [4.69, 9.17) is 0 Å². The topological polar surface area (TPSA) is 21.1 Å². The third kappa shape index (κ3) is 3.31. The summed E-state index contributed by atoms with van der Waals surface area (Å²) in [5.41, 5.74) is 2.44. The van der Waals surface area contributed by atoms with Crippen molar-refractivity contribution < 1.29 is 0 Å². The highest BCUT2D eigenvalue weighted by Crippen LogP contribution is 2.23. The molecule has 0 radical (unpaired) electrons. The van der Waals surface area contributed by atoms with E-state index >= 15 is 0 Å². The van der Waals surface area contributed by atoms with Crippen molar-refractivity contribution in [2.45, 2.75) is 33.4 Å². The summed E-state index contributed by atoms with van der Waals surface area (Å²) in [6.45, 7) is 7.18. The van der Waals surface area contributed by atoms with Gasteiger partial charge in [-0.1, -0.05) is 22.9 Å². The first-order valence-corrected chi connectivity index (χ1v) is 7.54. The van der Waals surface area contributed by atoms with Crippen LogP contribution in [0, 0.1) is 0 Å². The molecule has 0 aromatic carbocycles. The van der Waals surface area contributed by atoms with Crippen LogP contribution >= 0.6 is 31.9 Å². The number of alkyl halides is 1. The van der Waals surface area contributed by atoms with Crippen molar-refractivity contribution in [2.75, 3.05) is 18.9 Å². The summed E-state index contributed by atoms with van der Waals surface area (Å²) >= 11 is 7.12. The van der Waals surface area contributed by atoms with Gasteiger partial charge >= 0.3 is 0 Å². The molecule has 3 nitrogen and oxygen atoms in total. The highest BCUT2D eigenvalue weighted by molar-refractivity contribution is 9.10. The summed E-state index contributed by atoms with van der Waals surface area (Å²) in [6, 6.07) is 0.